The van der Waals surface area contributed by atoms with Gasteiger partial charge in [-0.2, -0.15) is 0 Å². The minimum absolute atomic E-state index is 0.374. The molecule has 1 unspecified atom stereocenters. The summed E-state index contributed by atoms with van der Waals surface area (Å²) >= 11 is 0. The number of fused-ring (bicyclic) bond motifs is 1. The van der Waals surface area contributed by atoms with Gasteiger partial charge in [-0.3, -0.25) is 0 Å². The molecule has 3 rings (SSSR count). The van der Waals surface area contributed by atoms with Crippen LogP contribution >= 0.6 is 0 Å². The molecule has 1 aliphatic rings. The van der Waals surface area contributed by atoms with Gasteiger partial charge in [0.25, 0.3) is 0 Å². The molecule has 1 aromatic carbocycles. The second-order valence-electron chi connectivity index (χ2n) is 5.43. The highest BCUT2D eigenvalue weighted by Crippen LogP contribution is 2.31. The van der Waals surface area contributed by atoms with Gasteiger partial charge < -0.3 is 5.32 Å². The van der Waals surface area contributed by atoms with E-state index in [9.17, 15) is 0 Å². The van der Waals surface area contributed by atoms with Crippen LogP contribution in [-0.2, 0) is 12.8 Å². The van der Waals surface area contributed by atoms with Crippen molar-refractivity contribution in [2.24, 2.45) is 0 Å². The highest BCUT2D eigenvalue weighted by Gasteiger charge is 2.20. The summed E-state index contributed by atoms with van der Waals surface area (Å²) in [6, 6.07) is 11.2. The largest absolute Gasteiger partial charge is 0.363 e. The Balaban J connectivity index is 1.87. The molecule has 3 nitrogen and oxygen atoms in total. The van der Waals surface area contributed by atoms with E-state index in [-0.39, 0.29) is 0 Å². The number of rotatable bonds is 3. The fraction of sp³-hybridized carbons (Fsp3) is 0.412. The zero-order chi connectivity index (χ0) is 13.9. The zero-order valence-electron chi connectivity index (χ0n) is 12.2. The van der Waals surface area contributed by atoms with Gasteiger partial charge in [0, 0.05) is 11.8 Å². The van der Waals surface area contributed by atoms with Crippen molar-refractivity contribution in [3.05, 3.63) is 53.0 Å². The molecule has 0 amide bonds. The summed E-state index contributed by atoms with van der Waals surface area (Å²) in [6.07, 6.45) is 4.54. The molecule has 2 aromatic rings. The van der Waals surface area contributed by atoms with Gasteiger partial charge in [0.05, 0.1) is 6.04 Å². The Bertz CT molecular complexity index is 607. The number of nitrogens with zero attached hydrogens (tertiary/aromatic N) is 2. The Hall–Kier alpha value is -1.90. The Kier molecular flexibility index (Phi) is 3.68. The highest BCUT2D eigenvalue weighted by molar-refractivity contribution is 5.43. The van der Waals surface area contributed by atoms with Gasteiger partial charge in [0.2, 0.25) is 0 Å². The Morgan fingerprint density at radius 1 is 1.25 bits per heavy atom. The third kappa shape index (κ3) is 2.67. The van der Waals surface area contributed by atoms with Gasteiger partial charge in [0.1, 0.15) is 11.6 Å². The number of aryl methyl sites for hydroxylation is 3. The molecule has 0 fully saturated rings. The number of hydrogen-bond donors (Lipinski definition) is 1. The van der Waals surface area contributed by atoms with E-state index in [1.54, 1.807) is 0 Å². The fourth-order valence-electron chi connectivity index (χ4n) is 2.97. The van der Waals surface area contributed by atoms with E-state index < -0.39 is 0 Å². The van der Waals surface area contributed by atoms with Crippen molar-refractivity contribution in [3.63, 3.8) is 0 Å². The minimum Gasteiger partial charge on any atom is -0.363 e. The van der Waals surface area contributed by atoms with Crippen LogP contribution in [0.1, 0.15) is 48.5 Å². The summed E-state index contributed by atoms with van der Waals surface area (Å²) in [5.74, 6) is 1.80. The van der Waals surface area contributed by atoms with Crippen molar-refractivity contribution in [2.75, 3.05) is 5.32 Å². The quantitative estimate of drug-likeness (QED) is 0.918. The maximum absolute atomic E-state index is 4.53. The van der Waals surface area contributed by atoms with Crippen molar-refractivity contribution in [1.29, 1.82) is 0 Å². The molecule has 0 saturated heterocycles. The van der Waals surface area contributed by atoms with Crippen LogP contribution in [0.5, 0.6) is 0 Å². The molecule has 1 heterocycles. The maximum Gasteiger partial charge on any atom is 0.130 e. The first kappa shape index (κ1) is 13.1. The lowest BCUT2D eigenvalue weighted by atomic mass is 9.88. The Morgan fingerprint density at radius 3 is 2.95 bits per heavy atom. The Labute approximate surface area is 120 Å². The van der Waals surface area contributed by atoms with Gasteiger partial charge in [-0.15, -0.1) is 0 Å². The third-order valence-corrected chi connectivity index (χ3v) is 3.94. The molecule has 0 spiro atoms. The van der Waals surface area contributed by atoms with Crippen LogP contribution < -0.4 is 5.32 Å². The maximum atomic E-state index is 4.53. The van der Waals surface area contributed by atoms with E-state index in [4.69, 9.17) is 0 Å². The lowest BCUT2D eigenvalue weighted by Gasteiger charge is -2.27. The van der Waals surface area contributed by atoms with Gasteiger partial charge in [-0.05, 0) is 43.7 Å². The van der Waals surface area contributed by atoms with Gasteiger partial charge in [-0.25, -0.2) is 9.97 Å². The molecule has 3 heteroatoms. The monoisotopic (exact) mass is 267 g/mol. The molecule has 1 N–H and O–H groups in total. The molecule has 1 atom stereocenters. The summed E-state index contributed by atoms with van der Waals surface area (Å²) < 4.78 is 0. The van der Waals surface area contributed by atoms with Gasteiger partial charge in [0.15, 0.2) is 0 Å². The first-order valence-corrected chi connectivity index (χ1v) is 7.45. The number of aromatic nitrogens is 2. The van der Waals surface area contributed by atoms with E-state index in [0.29, 0.717) is 6.04 Å². The average molecular weight is 267 g/mol. The van der Waals surface area contributed by atoms with E-state index in [1.807, 2.05) is 6.92 Å². The minimum atomic E-state index is 0.374. The van der Waals surface area contributed by atoms with Crippen LogP contribution in [0.15, 0.2) is 30.3 Å². The van der Waals surface area contributed by atoms with Crippen LogP contribution in [0.2, 0.25) is 0 Å². The van der Waals surface area contributed by atoms with Gasteiger partial charge in [-0.1, -0.05) is 31.2 Å². The first-order valence-electron chi connectivity index (χ1n) is 7.45. The third-order valence-electron chi connectivity index (χ3n) is 3.94. The van der Waals surface area contributed by atoms with Gasteiger partial charge >= 0.3 is 0 Å². The Morgan fingerprint density at radius 2 is 2.10 bits per heavy atom. The lowest BCUT2D eigenvalue weighted by molar-refractivity contribution is 0.598. The summed E-state index contributed by atoms with van der Waals surface area (Å²) in [5.41, 5.74) is 4.00. The van der Waals surface area contributed by atoms with Crippen LogP contribution in [0.4, 0.5) is 5.82 Å². The topological polar surface area (TPSA) is 37.8 Å². The van der Waals surface area contributed by atoms with Crippen molar-refractivity contribution in [3.8, 4) is 0 Å². The predicted octanol–water partition coefficient (Wildman–Crippen LogP) is 3.84. The van der Waals surface area contributed by atoms with E-state index >= 15 is 0 Å². The number of hydrogen-bond acceptors (Lipinski definition) is 3. The van der Waals surface area contributed by atoms with Crippen LogP contribution in [-0.4, -0.2) is 9.97 Å². The van der Waals surface area contributed by atoms with Crippen molar-refractivity contribution < 1.29 is 0 Å². The van der Waals surface area contributed by atoms with E-state index in [0.717, 1.165) is 23.8 Å². The second kappa shape index (κ2) is 5.61. The summed E-state index contributed by atoms with van der Waals surface area (Å²) in [7, 11) is 0. The lowest BCUT2D eigenvalue weighted by Crippen LogP contribution is -2.18. The smallest absolute Gasteiger partial charge is 0.130 e. The van der Waals surface area contributed by atoms with Crippen molar-refractivity contribution in [2.45, 2.75) is 45.6 Å². The highest BCUT2D eigenvalue weighted by atomic mass is 15.0. The summed E-state index contributed by atoms with van der Waals surface area (Å²) in [5, 5.41) is 3.60. The van der Waals surface area contributed by atoms with E-state index in [1.165, 1.54) is 30.4 Å². The molecular weight excluding hydrogens is 246 g/mol. The molecule has 0 bridgehead atoms. The standard InChI is InChI=1S/C17H21N3/c1-3-14-11-17(19-12(2)18-14)20-16-10-6-8-13-7-4-5-9-15(13)16/h4-5,7,9,11,16H,3,6,8,10H2,1-2H3,(H,18,19,20). The summed E-state index contributed by atoms with van der Waals surface area (Å²) in [6.45, 7) is 4.08. The number of anilines is 1. The molecule has 0 radical (unpaired) electrons. The van der Waals surface area contributed by atoms with Crippen LogP contribution in [0.25, 0.3) is 0 Å². The van der Waals surface area contributed by atoms with Crippen molar-refractivity contribution >= 4 is 5.82 Å². The molecule has 20 heavy (non-hydrogen) atoms. The predicted molar refractivity (Wildman–Crippen MR) is 81.9 cm³/mol. The van der Waals surface area contributed by atoms with E-state index in [2.05, 4.69) is 52.5 Å². The number of nitrogens with one attached hydrogen (secondary N) is 1. The molecule has 0 saturated carbocycles. The fourth-order valence-corrected chi connectivity index (χ4v) is 2.97. The molecule has 0 aliphatic heterocycles. The normalized spacial score (nSPS) is 17.6. The second-order valence-corrected chi connectivity index (χ2v) is 5.43. The van der Waals surface area contributed by atoms with Crippen molar-refractivity contribution in [1.82, 2.24) is 9.97 Å². The van der Waals surface area contributed by atoms with Crippen LogP contribution in [0.3, 0.4) is 0 Å². The molecule has 1 aromatic heterocycles. The molecular formula is C17H21N3. The molecule has 1 aliphatic carbocycles. The average Bonchev–Trinajstić information content (AvgIpc) is 2.47. The zero-order valence-corrected chi connectivity index (χ0v) is 12.2. The summed E-state index contributed by atoms with van der Waals surface area (Å²) in [4.78, 5) is 8.97. The number of benzene rings is 1. The first-order chi connectivity index (χ1) is 9.76. The molecule has 104 valence electrons. The SMILES string of the molecule is CCc1cc(NC2CCCc3ccccc32)nc(C)n1. The van der Waals surface area contributed by atoms with Crippen LogP contribution in [0, 0.1) is 6.92 Å².